The van der Waals surface area contributed by atoms with Gasteiger partial charge in [0.1, 0.15) is 6.10 Å². The third kappa shape index (κ3) is 6.04. The Bertz CT molecular complexity index is 1010. The zero-order chi connectivity index (χ0) is 24.0. The van der Waals surface area contributed by atoms with Crippen LogP contribution in [0.5, 0.6) is 5.75 Å². The lowest BCUT2D eigenvalue weighted by atomic mass is 9.93. The zero-order valence-corrected chi connectivity index (χ0v) is 21.0. The number of hydrogen-bond donors (Lipinski definition) is 1. The summed E-state index contributed by atoms with van der Waals surface area (Å²) in [6.07, 6.45) is 12.8. The first kappa shape index (κ1) is 24.3. The molecule has 1 aromatic heterocycles. The summed E-state index contributed by atoms with van der Waals surface area (Å²) in [6.45, 7) is 9.63. The van der Waals surface area contributed by atoms with Crippen molar-refractivity contribution in [1.82, 2.24) is 20.1 Å². The molecule has 188 valence electrons. The van der Waals surface area contributed by atoms with Crippen molar-refractivity contribution in [3.05, 3.63) is 65.4 Å². The highest BCUT2D eigenvalue weighted by Gasteiger charge is 2.25. The minimum absolute atomic E-state index is 0.0878. The minimum atomic E-state index is -0.276. The summed E-state index contributed by atoms with van der Waals surface area (Å²) in [5, 5.41) is 3.45. The standard InChI is InChI=1S/C29H39FN4O/c1-2-3-14-34-20-24-18-32-13-8-26(24)27(21-34)23-4-5-29(28(30)17-23)35-25-9-15-33(16-10-25)19-22-6-11-31-12-7-22/h4-5,8,13,17-18,21-22,25,31H,2-3,6-7,9-12,14-16,19-20H2,1H3. The van der Waals surface area contributed by atoms with Crippen molar-refractivity contribution in [2.75, 3.05) is 39.3 Å². The fraction of sp³-hybridized carbons (Fsp3) is 0.552. The number of nitrogens with one attached hydrogen (secondary N) is 1. The Kier molecular flexibility index (Phi) is 7.99. The van der Waals surface area contributed by atoms with E-state index in [-0.39, 0.29) is 11.9 Å². The molecule has 5 rings (SSSR count). The van der Waals surface area contributed by atoms with Crippen LogP contribution in [0.15, 0.2) is 42.9 Å². The molecule has 0 bridgehead atoms. The summed E-state index contributed by atoms with van der Waals surface area (Å²) in [5.74, 6) is 0.910. The van der Waals surface area contributed by atoms with Gasteiger partial charge in [-0.15, -0.1) is 0 Å². The van der Waals surface area contributed by atoms with Crippen molar-refractivity contribution in [3.8, 4) is 5.75 Å². The van der Waals surface area contributed by atoms with Gasteiger partial charge < -0.3 is 19.9 Å². The Balaban J connectivity index is 1.23. The number of hydrogen-bond acceptors (Lipinski definition) is 5. The number of ether oxygens (including phenoxy) is 1. The zero-order valence-electron chi connectivity index (χ0n) is 21.0. The lowest BCUT2D eigenvalue weighted by molar-refractivity contribution is 0.0845. The predicted molar refractivity (Wildman–Crippen MR) is 139 cm³/mol. The van der Waals surface area contributed by atoms with Crippen molar-refractivity contribution in [2.24, 2.45) is 5.92 Å². The maximum Gasteiger partial charge on any atom is 0.165 e. The van der Waals surface area contributed by atoms with Crippen LogP contribution in [0.3, 0.4) is 0 Å². The fourth-order valence-electron chi connectivity index (χ4n) is 5.65. The second kappa shape index (κ2) is 11.5. The summed E-state index contributed by atoms with van der Waals surface area (Å²) in [6, 6.07) is 7.50. The van der Waals surface area contributed by atoms with E-state index in [1.807, 2.05) is 30.6 Å². The van der Waals surface area contributed by atoms with E-state index in [1.165, 1.54) is 24.9 Å². The van der Waals surface area contributed by atoms with E-state index in [0.29, 0.717) is 5.75 Å². The molecule has 1 aromatic carbocycles. The molecule has 2 aromatic rings. The molecule has 1 N–H and O–H groups in total. The van der Waals surface area contributed by atoms with Gasteiger partial charge in [-0.25, -0.2) is 4.39 Å². The smallest absolute Gasteiger partial charge is 0.165 e. The molecule has 0 saturated carbocycles. The number of halogens is 1. The second-order valence-corrected chi connectivity index (χ2v) is 10.4. The monoisotopic (exact) mass is 478 g/mol. The quantitative estimate of drug-likeness (QED) is 0.574. The molecule has 3 aliphatic rings. The van der Waals surface area contributed by atoms with Gasteiger partial charge in [0, 0.05) is 56.9 Å². The number of pyridine rings is 1. The maximum atomic E-state index is 15.2. The minimum Gasteiger partial charge on any atom is -0.487 e. The van der Waals surface area contributed by atoms with E-state index in [4.69, 9.17) is 4.74 Å². The van der Waals surface area contributed by atoms with Gasteiger partial charge in [-0.2, -0.15) is 0 Å². The van der Waals surface area contributed by atoms with Crippen molar-refractivity contribution < 1.29 is 9.13 Å². The van der Waals surface area contributed by atoms with Gasteiger partial charge in [-0.05, 0) is 86.0 Å². The van der Waals surface area contributed by atoms with Crippen LogP contribution in [0.1, 0.15) is 62.1 Å². The fourth-order valence-corrected chi connectivity index (χ4v) is 5.65. The highest BCUT2D eigenvalue weighted by molar-refractivity contribution is 5.82. The lowest BCUT2D eigenvalue weighted by Crippen LogP contribution is -2.42. The number of likely N-dealkylation sites (tertiary alicyclic amines) is 1. The molecule has 5 nitrogen and oxygen atoms in total. The number of piperidine rings is 2. The summed E-state index contributed by atoms with van der Waals surface area (Å²) < 4.78 is 21.4. The largest absolute Gasteiger partial charge is 0.487 e. The van der Waals surface area contributed by atoms with Gasteiger partial charge in [0.25, 0.3) is 0 Å². The van der Waals surface area contributed by atoms with Crippen LogP contribution in [0.4, 0.5) is 4.39 Å². The highest BCUT2D eigenvalue weighted by atomic mass is 19.1. The highest BCUT2D eigenvalue weighted by Crippen LogP contribution is 2.34. The first-order chi connectivity index (χ1) is 17.2. The molecule has 0 unspecified atom stereocenters. The summed E-state index contributed by atoms with van der Waals surface area (Å²) in [4.78, 5) is 9.21. The molecule has 0 aliphatic carbocycles. The third-order valence-corrected chi connectivity index (χ3v) is 7.72. The van der Waals surface area contributed by atoms with Crippen LogP contribution in [-0.2, 0) is 6.54 Å². The Morgan fingerprint density at radius 1 is 1.11 bits per heavy atom. The molecule has 4 heterocycles. The number of nitrogens with zero attached hydrogens (tertiary/aromatic N) is 3. The van der Waals surface area contributed by atoms with Crippen molar-refractivity contribution in [3.63, 3.8) is 0 Å². The van der Waals surface area contributed by atoms with E-state index < -0.39 is 0 Å². The normalized spacial score (nSPS) is 19.9. The van der Waals surface area contributed by atoms with E-state index in [2.05, 4.69) is 33.2 Å². The predicted octanol–water partition coefficient (Wildman–Crippen LogP) is 5.07. The van der Waals surface area contributed by atoms with Crippen LogP contribution in [0.2, 0.25) is 0 Å². The molecule has 0 atom stereocenters. The van der Waals surface area contributed by atoms with Crippen LogP contribution in [-0.4, -0.2) is 60.2 Å². The Labute approximate surface area is 209 Å². The second-order valence-electron chi connectivity index (χ2n) is 10.4. The Hall–Kier alpha value is -2.44. The summed E-state index contributed by atoms with van der Waals surface area (Å²) in [7, 11) is 0. The molecular formula is C29H39FN4O. The van der Waals surface area contributed by atoms with Crippen LogP contribution >= 0.6 is 0 Å². The molecule has 35 heavy (non-hydrogen) atoms. The van der Waals surface area contributed by atoms with E-state index in [0.717, 1.165) is 87.6 Å². The molecule has 6 heteroatoms. The van der Waals surface area contributed by atoms with Crippen molar-refractivity contribution in [1.29, 1.82) is 0 Å². The van der Waals surface area contributed by atoms with Crippen molar-refractivity contribution >= 4 is 5.57 Å². The molecule has 2 saturated heterocycles. The van der Waals surface area contributed by atoms with Crippen molar-refractivity contribution in [2.45, 2.75) is 58.1 Å². The van der Waals surface area contributed by atoms with Gasteiger partial charge in [0.15, 0.2) is 11.6 Å². The first-order valence-corrected chi connectivity index (χ1v) is 13.5. The molecule has 2 fully saturated rings. The topological polar surface area (TPSA) is 40.6 Å². The van der Waals surface area contributed by atoms with Gasteiger partial charge in [0.05, 0.1) is 0 Å². The van der Waals surface area contributed by atoms with E-state index in [9.17, 15) is 0 Å². The Morgan fingerprint density at radius 2 is 1.94 bits per heavy atom. The number of fused-ring (bicyclic) bond motifs is 1. The molecule has 0 amide bonds. The third-order valence-electron chi connectivity index (χ3n) is 7.72. The Morgan fingerprint density at radius 3 is 2.71 bits per heavy atom. The number of unbranched alkanes of at least 4 members (excludes halogenated alkanes) is 1. The van der Waals surface area contributed by atoms with Crippen LogP contribution < -0.4 is 10.1 Å². The summed E-state index contributed by atoms with van der Waals surface area (Å²) in [5.41, 5.74) is 4.28. The van der Waals surface area contributed by atoms with Gasteiger partial charge in [0.2, 0.25) is 0 Å². The van der Waals surface area contributed by atoms with Gasteiger partial charge in [-0.1, -0.05) is 19.4 Å². The average Bonchev–Trinajstić information content (AvgIpc) is 2.90. The van der Waals surface area contributed by atoms with Crippen LogP contribution in [0.25, 0.3) is 5.57 Å². The summed E-state index contributed by atoms with van der Waals surface area (Å²) >= 11 is 0. The number of benzene rings is 1. The average molecular weight is 479 g/mol. The lowest BCUT2D eigenvalue weighted by Gasteiger charge is -2.35. The van der Waals surface area contributed by atoms with E-state index >= 15 is 4.39 Å². The number of aromatic nitrogens is 1. The van der Waals surface area contributed by atoms with Crippen LogP contribution in [0, 0.1) is 11.7 Å². The molecule has 3 aliphatic heterocycles. The molecular weight excluding hydrogens is 439 g/mol. The maximum absolute atomic E-state index is 15.2. The van der Waals surface area contributed by atoms with Gasteiger partial charge >= 0.3 is 0 Å². The molecule has 0 spiro atoms. The number of rotatable bonds is 8. The van der Waals surface area contributed by atoms with E-state index in [1.54, 1.807) is 6.07 Å². The van der Waals surface area contributed by atoms with Gasteiger partial charge in [-0.3, -0.25) is 4.98 Å². The molecule has 0 radical (unpaired) electrons. The first-order valence-electron chi connectivity index (χ1n) is 13.5. The SMILES string of the molecule is CCCCN1C=C(c2ccc(OC3CCN(CC4CCNCC4)CC3)c(F)c2)c2ccncc2C1.